The molecule has 1 heteroatoms. The van der Waals surface area contributed by atoms with Crippen molar-refractivity contribution in [2.75, 3.05) is 0 Å². The second-order valence-corrected chi connectivity index (χ2v) is 4.20. The summed E-state index contributed by atoms with van der Waals surface area (Å²) in [5, 5.41) is 0. The van der Waals surface area contributed by atoms with Crippen LogP contribution in [0.25, 0.3) is 0 Å². The lowest BCUT2D eigenvalue weighted by atomic mass is 10.1. The molecule has 1 nitrogen and oxygen atoms in total. The Morgan fingerprint density at radius 3 is 2.27 bits per heavy atom. The second-order valence-electron chi connectivity index (χ2n) is 4.20. The van der Waals surface area contributed by atoms with Crippen LogP contribution in [-0.4, -0.2) is 6.21 Å². The fourth-order valence-corrected chi connectivity index (χ4v) is 1.83. The molecule has 0 spiro atoms. The van der Waals surface area contributed by atoms with Crippen LogP contribution in [0.4, 0.5) is 5.69 Å². The van der Waals surface area contributed by atoms with Gasteiger partial charge in [-0.05, 0) is 44.7 Å². The number of aliphatic imine (C=N–C) groups is 1. The van der Waals surface area contributed by atoms with Crippen molar-refractivity contribution in [3.63, 3.8) is 0 Å². The minimum absolute atomic E-state index is 1.09. The highest BCUT2D eigenvalue weighted by Crippen LogP contribution is 2.24. The number of aryl methyl sites for hydroxylation is 3. The molecule has 0 amide bonds. The number of rotatable bonds is 4. The molecule has 1 aromatic rings. The van der Waals surface area contributed by atoms with E-state index in [0.717, 1.165) is 12.1 Å². The summed E-state index contributed by atoms with van der Waals surface area (Å²) in [7, 11) is 0. The molecule has 0 atom stereocenters. The molecule has 15 heavy (non-hydrogen) atoms. The van der Waals surface area contributed by atoms with E-state index in [1.54, 1.807) is 0 Å². The first-order chi connectivity index (χ1) is 7.15. The average molecular weight is 203 g/mol. The molecular weight excluding hydrogens is 182 g/mol. The van der Waals surface area contributed by atoms with Gasteiger partial charge in [0, 0.05) is 6.21 Å². The lowest BCUT2D eigenvalue weighted by molar-refractivity contribution is 0.842. The monoisotopic (exact) mass is 203 g/mol. The van der Waals surface area contributed by atoms with Crippen molar-refractivity contribution in [1.29, 1.82) is 0 Å². The van der Waals surface area contributed by atoms with Gasteiger partial charge in [-0.3, -0.25) is 4.99 Å². The summed E-state index contributed by atoms with van der Waals surface area (Å²) in [5.74, 6) is 0. The Kier molecular flexibility index (Phi) is 4.54. The van der Waals surface area contributed by atoms with E-state index in [-0.39, 0.29) is 0 Å². The van der Waals surface area contributed by atoms with E-state index < -0.39 is 0 Å². The van der Waals surface area contributed by atoms with Gasteiger partial charge < -0.3 is 0 Å². The smallest absolute Gasteiger partial charge is 0.0684 e. The third kappa shape index (κ3) is 3.50. The molecule has 0 fully saturated rings. The first kappa shape index (κ1) is 12.0. The predicted molar refractivity (Wildman–Crippen MR) is 68.3 cm³/mol. The van der Waals surface area contributed by atoms with Crippen molar-refractivity contribution in [1.82, 2.24) is 0 Å². The number of unbranched alkanes of at least 4 members (excludes halogenated alkanes) is 2. The summed E-state index contributed by atoms with van der Waals surface area (Å²) in [6.45, 7) is 8.60. The van der Waals surface area contributed by atoms with Crippen molar-refractivity contribution in [2.45, 2.75) is 47.0 Å². The Hall–Kier alpha value is -1.11. The fourth-order valence-electron chi connectivity index (χ4n) is 1.83. The van der Waals surface area contributed by atoms with Crippen LogP contribution in [0.3, 0.4) is 0 Å². The van der Waals surface area contributed by atoms with E-state index in [0.29, 0.717) is 0 Å². The van der Waals surface area contributed by atoms with Crippen LogP contribution in [-0.2, 0) is 0 Å². The molecule has 1 rings (SSSR count). The van der Waals surface area contributed by atoms with Gasteiger partial charge in [0.05, 0.1) is 5.69 Å². The quantitative estimate of drug-likeness (QED) is 0.504. The molecule has 0 heterocycles. The van der Waals surface area contributed by atoms with Gasteiger partial charge in [-0.15, -0.1) is 0 Å². The Bertz CT molecular complexity index is 327. The van der Waals surface area contributed by atoms with Gasteiger partial charge in [0.2, 0.25) is 0 Å². The molecule has 82 valence electrons. The van der Waals surface area contributed by atoms with Crippen molar-refractivity contribution in [3.8, 4) is 0 Å². The summed E-state index contributed by atoms with van der Waals surface area (Å²) in [4.78, 5) is 4.56. The molecule has 0 aromatic heterocycles. The molecule has 1 aromatic carbocycles. The van der Waals surface area contributed by atoms with Crippen molar-refractivity contribution in [2.24, 2.45) is 4.99 Å². The maximum absolute atomic E-state index is 4.56. The van der Waals surface area contributed by atoms with E-state index in [1.807, 2.05) is 6.21 Å². The molecule has 0 aliphatic heterocycles. The van der Waals surface area contributed by atoms with Crippen LogP contribution in [0.15, 0.2) is 17.1 Å². The molecule has 0 bridgehead atoms. The van der Waals surface area contributed by atoms with Crippen LogP contribution in [0.5, 0.6) is 0 Å². The summed E-state index contributed by atoms with van der Waals surface area (Å²) in [6.07, 6.45) is 5.60. The normalized spacial score (nSPS) is 11.2. The summed E-state index contributed by atoms with van der Waals surface area (Å²) in [5.41, 5.74) is 5.02. The Labute approximate surface area is 93.2 Å². The second kappa shape index (κ2) is 5.69. The Balaban J connectivity index is 2.80. The van der Waals surface area contributed by atoms with Gasteiger partial charge in [0.25, 0.3) is 0 Å². The molecule has 0 saturated heterocycles. The Morgan fingerprint density at radius 2 is 1.73 bits per heavy atom. The van der Waals surface area contributed by atoms with Crippen molar-refractivity contribution >= 4 is 11.9 Å². The molecule has 0 N–H and O–H groups in total. The maximum atomic E-state index is 4.56. The topological polar surface area (TPSA) is 12.4 Å². The molecule has 0 saturated carbocycles. The zero-order valence-electron chi connectivity index (χ0n) is 10.3. The third-order valence-electron chi connectivity index (χ3n) is 2.54. The van der Waals surface area contributed by atoms with Gasteiger partial charge in [-0.2, -0.15) is 0 Å². The zero-order valence-corrected chi connectivity index (χ0v) is 10.3. The van der Waals surface area contributed by atoms with E-state index in [2.05, 4.69) is 44.8 Å². The Morgan fingerprint density at radius 1 is 1.13 bits per heavy atom. The van der Waals surface area contributed by atoms with Gasteiger partial charge in [0.1, 0.15) is 0 Å². The predicted octanol–water partition coefficient (Wildman–Crippen LogP) is 4.50. The van der Waals surface area contributed by atoms with E-state index >= 15 is 0 Å². The minimum atomic E-state index is 1.09. The fraction of sp³-hybridized carbons (Fsp3) is 0.500. The van der Waals surface area contributed by atoms with Crippen LogP contribution in [0.1, 0.15) is 42.9 Å². The first-order valence-electron chi connectivity index (χ1n) is 5.75. The summed E-state index contributed by atoms with van der Waals surface area (Å²) >= 11 is 0. The standard InChI is InChI=1S/C14H21N/c1-5-6-7-8-15-14-12(3)9-11(2)10-13(14)4/h8-10H,5-7H2,1-4H3. The van der Waals surface area contributed by atoms with Crippen LogP contribution in [0, 0.1) is 20.8 Å². The highest BCUT2D eigenvalue weighted by Gasteiger charge is 2.00. The van der Waals surface area contributed by atoms with Gasteiger partial charge >= 0.3 is 0 Å². The first-order valence-corrected chi connectivity index (χ1v) is 5.75. The molecular formula is C14H21N. The number of hydrogen-bond donors (Lipinski definition) is 0. The molecule has 0 radical (unpaired) electrons. The highest BCUT2D eigenvalue weighted by molar-refractivity contribution is 5.66. The zero-order chi connectivity index (χ0) is 11.3. The van der Waals surface area contributed by atoms with E-state index in [9.17, 15) is 0 Å². The van der Waals surface area contributed by atoms with Crippen LogP contribution in [0.2, 0.25) is 0 Å². The summed E-state index contributed by atoms with van der Waals surface area (Å²) < 4.78 is 0. The SMILES string of the molecule is CCCCC=Nc1c(C)cc(C)cc1C. The highest BCUT2D eigenvalue weighted by atomic mass is 14.7. The number of nitrogens with zero attached hydrogens (tertiary/aromatic N) is 1. The largest absolute Gasteiger partial charge is 0.261 e. The summed E-state index contributed by atoms with van der Waals surface area (Å²) in [6, 6.07) is 4.39. The number of benzene rings is 1. The van der Waals surface area contributed by atoms with Crippen LogP contribution < -0.4 is 0 Å². The van der Waals surface area contributed by atoms with Crippen LogP contribution >= 0.6 is 0 Å². The van der Waals surface area contributed by atoms with Gasteiger partial charge in [-0.25, -0.2) is 0 Å². The molecule has 0 aliphatic rings. The van der Waals surface area contributed by atoms with Crippen molar-refractivity contribution < 1.29 is 0 Å². The lowest BCUT2D eigenvalue weighted by Gasteiger charge is -2.06. The molecule has 0 unspecified atom stereocenters. The minimum Gasteiger partial charge on any atom is -0.261 e. The van der Waals surface area contributed by atoms with E-state index in [4.69, 9.17) is 0 Å². The van der Waals surface area contributed by atoms with Crippen molar-refractivity contribution in [3.05, 3.63) is 28.8 Å². The molecule has 0 aliphatic carbocycles. The average Bonchev–Trinajstić information content (AvgIpc) is 2.15. The number of hydrogen-bond acceptors (Lipinski definition) is 1. The van der Waals surface area contributed by atoms with Gasteiger partial charge in [0.15, 0.2) is 0 Å². The maximum Gasteiger partial charge on any atom is 0.0684 e. The lowest BCUT2D eigenvalue weighted by Crippen LogP contribution is -1.84. The van der Waals surface area contributed by atoms with E-state index in [1.165, 1.54) is 29.5 Å². The third-order valence-corrected chi connectivity index (χ3v) is 2.54. The van der Waals surface area contributed by atoms with Gasteiger partial charge in [-0.1, -0.05) is 31.0 Å².